The van der Waals surface area contributed by atoms with Gasteiger partial charge in [-0.2, -0.15) is 0 Å². The second-order valence-electron chi connectivity index (χ2n) is 5.91. The van der Waals surface area contributed by atoms with Gasteiger partial charge >= 0.3 is 5.97 Å². The second kappa shape index (κ2) is 8.14. The lowest BCUT2D eigenvalue weighted by Gasteiger charge is -2.21. The first-order valence-electron chi connectivity index (χ1n) is 8.30. The van der Waals surface area contributed by atoms with Gasteiger partial charge < -0.3 is 14.4 Å². The van der Waals surface area contributed by atoms with E-state index in [-0.39, 0.29) is 0 Å². The Labute approximate surface area is 162 Å². The van der Waals surface area contributed by atoms with Gasteiger partial charge in [0.05, 0.1) is 26.8 Å². The predicted octanol–water partition coefficient (Wildman–Crippen LogP) is 3.79. The molecular formula is C20H20ClN3O3. The summed E-state index contributed by atoms with van der Waals surface area (Å²) >= 11 is 6.03. The number of methoxy groups -OCH3 is 2. The summed E-state index contributed by atoms with van der Waals surface area (Å²) in [7, 11) is 4.77. The number of fused-ring (bicyclic) bond motifs is 1. The zero-order chi connectivity index (χ0) is 19.4. The van der Waals surface area contributed by atoms with E-state index in [1.807, 2.05) is 65.0 Å². The zero-order valence-electron chi connectivity index (χ0n) is 15.3. The van der Waals surface area contributed by atoms with Crippen LogP contribution in [0.5, 0.6) is 0 Å². The number of anilines is 1. The molecule has 1 aromatic carbocycles. The zero-order valence-corrected chi connectivity index (χ0v) is 16.1. The molecule has 0 amide bonds. The fourth-order valence-electron chi connectivity index (χ4n) is 2.82. The molecule has 0 saturated carbocycles. The molecule has 0 N–H and O–H groups in total. The van der Waals surface area contributed by atoms with Crippen LogP contribution in [0.1, 0.15) is 0 Å². The summed E-state index contributed by atoms with van der Waals surface area (Å²) in [6, 6.07) is 13.4. The van der Waals surface area contributed by atoms with E-state index in [2.05, 4.69) is 4.74 Å². The molecule has 0 aliphatic carbocycles. The SMILES string of the molecule is COC(=O)C=C(CN(C)c1c(-c2ccc(Cl)cc2)nc2ccccn12)OC. The van der Waals surface area contributed by atoms with Gasteiger partial charge in [-0.25, -0.2) is 9.78 Å². The largest absolute Gasteiger partial charge is 0.499 e. The monoisotopic (exact) mass is 385 g/mol. The molecule has 0 spiro atoms. The molecule has 0 unspecified atom stereocenters. The van der Waals surface area contributed by atoms with Gasteiger partial charge in [-0.3, -0.25) is 4.40 Å². The van der Waals surface area contributed by atoms with E-state index in [0.717, 1.165) is 22.7 Å². The van der Waals surface area contributed by atoms with Gasteiger partial charge in [-0.1, -0.05) is 29.8 Å². The van der Waals surface area contributed by atoms with Crippen molar-refractivity contribution in [3.05, 3.63) is 65.5 Å². The Morgan fingerprint density at radius 1 is 1.19 bits per heavy atom. The molecular weight excluding hydrogens is 366 g/mol. The number of carbonyl (C=O) groups excluding carboxylic acids is 1. The number of hydrogen-bond donors (Lipinski definition) is 0. The molecule has 140 valence electrons. The summed E-state index contributed by atoms with van der Waals surface area (Å²) in [4.78, 5) is 18.3. The minimum absolute atomic E-state index is 0.370. The summed E-state index contributed by atoms with van der Waals surface area (Å²) < 4.78 is 12.0. The van der Waals surface area contributed by atoms with Gasteiger partial charge in [0.1, 0.15) is 22.9 Å². The lowest BCUT2D eigenvalue weighted by atomic mass is 10.1. The van der Waals surface area contributed by atoms with Crippen LogP contribution in [-0.4, -0.2) is 43.2 Å². The van der Waals surface area contributed by atoms with E-state index in [1.165, 1.54) is 20.3 Å². The highest BCUT2D eigenvalue weighted by Gasteiger charge is 2.19. The first kappa shape index (κ1) is 18.8. The van der Waals surface area contributed by atoms with Crippen LogP contribution < -0.4 is 4.90 Å². The van der Waals surface area contributed by atoms with Crippen molar-refractivity contribution in [1.29, 1.82) is 0 Å². The normalized spacial score (nSPS) is 11.5. The first-order chi connectivity index (χ1) is 13.0. The fourth-order valence-corrected chi connectivity index (χ4v) is 2.94. The number of nitrogens with zero attached hydrogens (tertiary/aromatic N) is 3. The number of hydrogen-bond acceptors (Lipinski definition) is 5. The molecule has 6 nitrogen and oxygen atoms in total. The lowest BCUT2D eigenvalue weighted by molar-refractivity contribution is -0.135. The Balaban J connectivity index is 2.06. The topological polar surface area (TPSA) is 56.1 Å². The van der Waals surface area contributed by atoms with Crippen molar-refractivity contribution in [2.24, 2.45) is 0 Å². The van der Waals surface area contributed by atoms with Crippen molar-refractivity contribution in [2.75, 3.05) is 32.7 Å². The number of esters is 1. The molecule has 0 aliphatic rings. The standard InChI is InChI=1S/C20H20ClN3O3/c1-23(13-16(26-2)12-18(25)27-3)20-19(14-7-9-15(21)10-8-14)22-17-6-4-5-11-24(17)20/h4-12H,13H2,1-3H3. The van der Waals surface area contributed by atoms with Gasteiger partial charge in [0.25, 0.3) is 0 Å². The molecule has 7 heteroatoms. The maximum Gasteiger partial charge on any atom is 0.333 e. The molecule has 0 radical (unpaired) electrons. The highest BCUT2D eigenvalue weighted by Crippen LogP contribution is 2.32. The number of imidazole rings is 1. The number of likely N-dealkylation sites (N-methyl/N-ethyl adjacent to an activating group) is 1. The highest BCUT2D eigenvalue weighted by atomic mass is 35.5. The van der Waals surface area contributed by atoms with E-state index < -0.39 is 5.97 Å². The Kier molecular flexibility index (Phi) is 5.66. The highest BCUT2D eigenvalue weighted by molar-refractivity contribution is 6.30. The molecule has 0 fully saturated rings. The third kappa shape index (κ3) is 4.06. The van der Waals surface area contributed by atoms with Gasteiger partial charge in [0.15, 0.2) is 0 Å². The molecule has 0 aliphatic heterocycles. The summed E-state index contributed by atoms with van der Waals surface area (Å²) in [5.74, 6) is 0.898. The van der Waals surface area contributed by atoms with Crippen LogP contribution in [0.25, 0.3) is 16.9 Å². The van der Waals surface area contributed by atoms with Crippen LogP contribution in [0.15, 0.2) is 60.5 Å². The average Bonchev–Trinajstić information content (AvgIpc) is 3.07. The Morgan fingerprint density at radius 2 is 1.93 bits per heavy atom. The van der Waals surface area contributed by atoms with Crippen molar-refractivity contribution in [1.82, 2.24) is 9.38 Å². The van der Waals surface area contributed by atoms with Crippen molar-refractivity contribution in [2.45, 2.75) is 0 Å². The summed E-state index contributed by atoms with van der Waals surface area (Å²) in [6.45, 7) is 0.370. The third-order valence-corrected chi connectivity index (χ3v) is 4.37. The van der Waals surface area contributed by atoms with E-state index in [9.17, 15) is 4.79 Å². The quantitative estimate of drug-likeness (QED) is 0.367. The van der Waals surface area contributed by atoms with Crippen molar-refractivity contribution in [3.63, 3.8) is 0 Å². The predicted molar refractivity (Wildman–Crippen MR) is 106 cm³/mol. The van der Waals surface area contributed by atoms with Crippen LogP contribution in [0.2, 0.25) is 5.02 Å². The smallest absolute Gasteiger partial charge is 0.333 e. The minimum Gasteiger partial charge on any atom is -0.499 e. The maximum atomic E-state index is 11.6. The van der Waals surface area contributed by atoms with Crippen LogP contribution >= 0.6 is 11.6 Å². The molecule has 2 aromatic heterocycles. The number of carbonyl (C=O) groups is 1. The van der Waals surface area contributed by atoms with Gasteiger partial charge in [-0.15, -0.1) is 0 Å². The fraction of sp³-hybridized carbons (Fsp3) is 0.200. The summed E-state index contributed by atoms with van der Waals surface area (Å²) in [5.41, 5.74) is 2.58. The molecule has 0 atom stereocenters. The van der Waals surface area contributed by atoms with Crippen LogP contribution in [0.3, 0.4) is 0 Å². The minimum atomic E-state index is -0.462. The number of rotatable bonds is 6. The molecule has 2 heterocycles. The van der Waals surface area contributed by atoms with Gasteiger partial charge in [-0.05, 0) is 24.3 Å². The number of ether oxygens (including phenoxy) is 2. The van der Waals surface area contributed by atoms with E-state index in [0.29, 0.717) is 17.3 Å². The Morgan fingerprint density at radius 3 is 2.59 bits per heavy atom. The Bertz CT molecular complexity index is 980. The summed E-state index contributed by atoms with van der Waals surface area (Å²) in [6.07, 6.45) is 3.28. The number of aromatic nitrogens is 2. The van der Waals surface area contributed by atoms with Crippen molar-refractivity contribution >= 4 is 29.0 Å². The average molecular weight is 386 g/mol. The van der Waals surface area contributed by atoms with Crippen molar-refractivity contribution < 1.29 is 14.3 Å². The van der Waals surface area contributed by atoms with E-state index in [1.54, 1.807) is 0 Å². The second-order valence-corrected chi connectivity index (χ2v) is 6.35. The van der Waals surface area contributed by atoms with Gasteiger partial charge in [0, 0.05) is 23.8 Å². The third-order valence-electron chi connectivity index (χ3n) is 4.12. The van der Waals surface area contributed by atoms with Crippen LogP contribution in [-0.2, 0) is 14.3 Å². The molecule has 3 rings (SSSR count). The molecule has 27 heavy (non-hydrogen) atoms. The van der Waals surface area contributed by atoms with Crippen molar-refractivity contribution in [3.8, 4) is 11.3 Å². The molecule has 3 aromatic rings. The number of benzene rings is 1. The summed E-state index contributed by atoms with van der Waals surface area (Å²) in [5, 5.41) is 0.667. The number of pyridine rings is 1. The van der Waals surface area contributed by atoms with Crippen LogP contribution in [0, 0.1) is 0 Å². The molecule has 0 bridgehead atoms. The van der Waals surface area contributed by atoms with E-state index in [4.69, 9.17) is 21.3 Å². The molecule has 0 saturated heterocycles. The Hall–Kier alpha value is -2.99. The lowest BCUT2D eigenvalue weighted by Crippen LogP contribution is -2.23. The maximum absolute atomic E-state index is 11.6. The van der Waals surface area contributed by atoms with Gasteiger partial charge in [0.2, 0.25) is 0 Å². The first-order valence-corrected chi connectivity index (χ1v) is 8.68. The van der Waals surface area contributed by atoms with E-state index >= 15 is 0 Å². The van der Waals surface area contributed by atoms with Crippen LogP contribution in [0.4, 0.5) is 5.82 Å². The number of halogens is 1.